The minimum Gasteiger partial charge on any atom is -0.376 e. The number of carbonyl (C=O) groups is 1. The van der Waals surface area contributed by atoms with Crippen molar-refractivity contribution in [2.24, 2.45) is 0 Å². The van der Waals surface area contributed by atoms with Gasteiger partial charge in [0.25, 0.3) is 11.5 Å². The highest BCUT2D eigenvalue weighted by Crippen LogP contribution is 2.26. The molecule has 178 valence electrons. The van der Waals surface area contributed by atoms with Crippen LogP contribution in [0.3, 0.4) is 0 Å². The molecule has 1 aliphatic heterocycles. The molecule has 1 N–H and O–H groups in total. The molecule has 1 aliphatic carbocycles. The van der Waals surface area contributed by atoms with E-state index in [4.69, 9.17) is 21.3 Å². The highest BCUT2D eigenvalue weighted by atomic mass is 35.5. The second-order valence-corrected chi connectivity index (χ2v) is 10.4. The number of nitrogens with zero attached hydrogens (tertiary/aromatic N) is 2. The number of ether oxygens (including phenoxy) is 1. The van der Waals surface area contributed by atoms with Crippen molar-refractivity contribution in [3.05, 3.63) is 69.0 Å². The fourth-order valence-corrected chi connectivity index (χ4v) is 5.88. The number of hydrogen-bond donors (Lipinski definition) is 1. The van der Waals surface area contributed by atoms with Gasteiger partial charge in [0.05, 0.1) is 23.6 Å². The van der Waals surface area contributed by atoms with Crippen LogP contribution >= 0.6 is 23.4 Å². The van der Waals surface area contributed by atoms with Crippen molar-refractivity contribution >= 4 is 40.2 Å². The molecule has 0 unspecified atom stereocenters. The molecule has 0 spiro atoms. The summed E-state index contributed by atoms with van der Waals surface area (Å²) in [5, 5.41) is 4.94. The van der Waals surface area contributed by atoms with Crippen LogP contribution in [0, 0.1) is 0 Å². The van der Waals surface area contributed by atoms with Gasteiger partial charge in [-0.15, -0.1) is 0 Å². The maximum absolute atomic E-state index is 13.5. The van der Waals surface area contributed by atoms with E-state index in [9.17, 15) is 9.59 Å². The Morgan fingerprint density at radius 1 is 1.15 bits per heavy atom. The van der Waals surface area contributed by atoms with Gasteiger partial charge in [-0.05, 0) is 61.6 Å². The van der Waals surface area contributed by atoms with E-state index in [1.165, 1.54) is 11.8 Å². The predicted octanol–water partition coefficient (Wildman–Crippen LogP) is 5.19. The van der Waals surface area contributed by atoms with Crippen LogP contribution in [-0.2, 0) is 17.0 Å². The Labute approximate surface area is 208 Å². The quantitative estimate of drug-likeness (QED) is 0.359. The largest absolute Gasteiger partial charge is 0.376 e. The summed E-state index contributed by atoms with van der Waals surface area (Å²) in [5.74, 6) is 0.526. The first-order valence-electron chi connectivity index (χ1n) is 11.9. The van der Waals surface area contributed by atoms with Crippen LogP contribution in [0.2, 0.25) is 5.02 Å². The first-order chi connectivity index (χ1) is 16.6. The molecule has 3 aromatic rings. The minimum absolute atomic E-state index is 0.0129. The van der Waals surface area contributed by atoms with Crippen LogP contribution in [-0.4, -0.2) is 34.2 Å². The van der Waals surface area contributed by atoms with Gasteiger partial charge in [-0.1, -0.05) is 48.3 Å². The maximum Gasteiger partial charge on any atom is 0.262 e. The maximum atomic E-state index is 13.5. The Hall–Kier alpha value is -2.35. The van der Waals surface area contributed by atoms with Gasteiger partial charge in [-0.25, -0.2) is 4.98 Å². The van der Waals surface area contributed by atoms with Crippen LogP contribution in [0.15, 0.2) is 52.4 Å². The van der Waals surface area contributed by atoms with Gasteiger partial charge in [0.2, 0.25) is 0 Å². The van der Waals surface area contributed by atoms with Crippen molar-refractivity contribution in [1.82, 2.24) is 14.9 Å². The fourth-order valence-electron chi connectivity index (χ4n) is 4.72. The molecule has 1 saturated carbocycles. The number of fused-ring (bicyclic) bond motifs is 1. The molecule has 1 saturated heterocycles. The number of amides is 1. The van der Waals surface area contributed by atoms with Gasteiger partial charge in [-0.3, -0.25) is 14.2 Å². The summed E-state index contributed by atoms with van der Waals surface area (Å²) in [6.07, 6.45) is 6.31. The summed E-state index contributed by atoms with van der Waals surface area (Å²) in [7, 11) is 0. The number of carbonyl (C=O) groups excluding carboxylic acids is 1. The van der Waals surface area contributed by atoms with Crippen molar-refractivity contribution in [3.63, 3.8) is 0 Å². The standard InChI is InChI=1S/C26H28ClN3O3S/c27-19-6-3-5-17(13-19)16-34-26-29-23-14-18(24(31)28-20-7-1-2-8-20)10-11-22(23)25(32)30(26)15-21-9-4-12-33-21/h3,5-6,10-11,13-14,20-21H,1-2,4,7-9,12,15-16H2,(H,28,31)/t21-/m0/s1. The molecule has 1 atom stereocenters. The summed E-state index contributed by atoms with van der Waals surface area (Å²) in [5.41, 5.74) is 2.03. The number of nitrogens with one attached hydrogen (secondary N) is 1. The molecule has 6 nitrogen and oxygen atoms in total. The lowest BCUT2D eigenvalue weighted by Crippen LogP contribution is -2.32. The monoisotopic (exact) mass is 497 g/mol. The van der Waals surface area contributed by atoms with Gasteiger partial charge in [0, 0.05) is 29.0 Å². The Morgan fingerprint density at radius 3 is 2.76 bits per heavy atom. The van der Waals surface area contributed by atoms with Crippen LogP contribution < -0.4 is 10.9 Å². The Bertz CT molecular complexity index is 1250. The molecule has 8 heteroatoms. The third-order valence-corrected chi connectivity index (χ3v) is 7.82. The lowest BCUT2D eigenvalue weighted by Gasteiger charge is -2.17. The lowest BCUT2D eigenvalue weighted by molar-refractivity contribution is 0.0935. The van der Waals surface area contributed by atoms with Gasteiger partial charge in [0.15, 0.2) is 5.16 Å². The van der Waals surface area contributed by atoms with Crippen LogP contribution in [0.25, 0.3) is 10.9 Å². The van der Waals surface area contributed by atoms with Gasteiger partial charge in [0.1, 0.15) is 0 Å². The Balaban J connectivity index is 1.47. The second kappa shape index (κ2) is 10.5. The zero-order valence-corrected chi connectivity index (χ0v) is 20.5. The number of halogens is 1. The first kappa shape index (κ1) is 23.4. The van der Waals surface area contributed by atoms with Crippen molar-refractivity contribution in [2.75, 3.05) is 6.61 Å². The average molecular weight is 498 g/mol. The number of rotatable bonds is 7. The molecular formula is C26H28ClN3O3S. The fraction of sp³-hybridized carbons (Fsp3) is 0.423. The van der Waals surface area contributed by atoms with Gasteiger partial charge < -0.3 is 10.1 Å². The van der Waals surface area contributed by atoms with E-state index < -0.39 is 0 Å². The highest BCUT2D eigenvalue weighted by Gasteiger charge is 2.22. The van der Waals surface area contributed by atoms with Crippen molar-refractivity contribution in [1.29, 1.82) is 0 Å². The van der Waals surface area contributed by atoms with Crippen LogP contribution in [0.4, 0.5) is 0 Å². The molecule has 1 aromatic heterocycles. The first-order valence-corrected chi connectivity index (χ1v) is 13.3. The zero-order valence-electron chi connectivity index (χ0n) is 19.0. The van der Waals surface area contributed by atoms with Crippen molar-refractivity contribution < 1.29 is 9.53 Å². The number of hydrogen-bond acceptors (Lipinski definition) is 5. The zero-order chi connectivity index (χ0) is 23.5. The number of thioether (sulfide) groups is 1. The lowest BCUT2D eigenvalue weighted by atomic mass is 10.1. The number of aromatic nitrogens is 2. The molecule has 1 amide bonds. The molecule has 0 radical (unpaired) electrons. The molecule has 2 heterocycles. The van der Waals surface area contributed by atoms with Crippen molar-refractivity contribution in [2.45, 2.75) is 68.1 Å². The summed E-state index contributed by atoms with van der Waals surface area (Å²) in [6.45, 7) is 1.20. The summed E-state index contributed by atoms with van der Waals surface area (Å²) in [6, 6.07) is 13.1. The number of benzene rings is 2. The summed E-state index contributed by atoms with van der Waals surface area (Å²) in [4.78, 5) is 31.1. The van der Waals surface area contributed by atoms with E-state index >= 15 is 0 Å². The molecule has 2 aliphatic rings. The van der Waals surface area contributed by atoms with Gasteiger partial charge >= 0.3 is 0 Å². The Morgan fingerprint density at radius 2 is 2.00 bits per heavy atom. The highest BCUT2D eigenvalue weighted by molar-refractivity contribution is 7.98. The minimum atomic E-state index is -0.104. The summed E-state index contributed by atoms with van der Waals surface area (Å²) < 4.78 is 7.53. The Kier molecular flexibility index (Phi) is 7.23. The topological polar surface area (TPSA) is 73.2 Å². The molecular weight excluding hydrogens is 470 g/mol. The normalized spacial score (nSPS) is 18.6. The van der Waals surface area contributed by atoms with Crippen molar-refractivity contribution in [3.8, 4) is 0 Å². The third kappa shape index (κ3) is 5.32. The van der Waals surface area contributed by atoms with Gasteiger partial charge in [-0.2, -0.15) is 0 Å². The SMILES string of the molecule is O=C(NC1CCCC1)c1ccc2c(=O)n(C[C@@H]3CCCO3)c(SCc3cccc(Cl)c3)nc2c1. The van der Waals surface area contributed by atoms with Crippen LogP contribution in [0.5, 0.6) is 0 Å². The molecule has 5 rings (SSSR count). The second-order valence-electron chi connectivity index (χ2n) is 9.05. The molecule has 34 heavy (non-hydrogen) atoms. The average Bonchev–Trinajstić information content (AvgIpc) is 3.54. The van der Waals surface area contributed by atoms with E-state index in [-0.39, 0.29) is 23.6 Å². The molecule has 2 fully saturated rings. The van der Waals surface area contributed by atoms with E-state index in [2.05, 4.69) is 5.32 Å². The van der Waals surface area contributed by atoms with E-state index in [0.717, 1.165) is 50.7 Å². The smallest absolute Gasteiger partial charge is 0.262 e. The molecule has 0 bridgehead atoms. The third-order valence-electron chi connectivity index (χ3n) is 6.54. The molecule has 2 aromatic carbocycles. The van der Waals surface area contributed by atoms with E-state index in [1.54, 1.807) is 22.8 Å². The van der Waals surface area contributed by atoms with E-state index in [1.807, 2.05) is 24.3 Å². The van der Waals surface area contributed by atoms with Crippen LogP contribution in [0.1, 0.15) is 54.4 Å². The van der Waals surface area contributed by atoms with E-state index in [0.29, 0.717) is 38.9 Å². The summed E-state index contributed by atoms with van der Waals surface area (Å²) >= 11 is 7.65. The predicted molar refractivity (Wildman–Crippen MR) is 136 cm³/mol.